The molecule has 0 bridgehead atoms. The number of amides is 1. The Labute approximate surface area is 137 Å². The average molecular weight is 366 g/mol. The van der Waals surface area contributed by atoms with E-state index in [9.17, 15) is 4.79 Å². The van der Waals surface area contributed by atoms with E-state index in [1.165, 1.54) is 16.9 Å². The second kappa shape index (κ2) is 6.73. The third-order valence-corrected chi connectivity index (χ3v) is 5.24. The molecular formula is C16H18BrN2OS+. The molecule has 0 radical (unpaired) electrons. The van der Waals surface area contributed by atoms with Gasteiger partial charge in [0.2, 0.25) is 0 Å². The maximum atomic E-state index is 12.3. The smallest absolute Gasteiger partial charge is 0.264 e. The van der Waals surface area contributed by atoms with Gasteiger partial charge in [-0.3, -0.25) is 4.79 Å². The fourth-order valence-corrected chi connectivity index (χ4v) is 3.60. The van der Waals surface area contributed by atoms with Crippen molar-refractivity contribution in [1.29, 1.82) is 0 Å². The number of carbonyl (C=O) groups is 1. The van der Waals surface area contributed by atoms with E-state index >= 15 is 0 Å². The molecule has 1 saturated heterocycles. The largest absolute Gasteiger partial charge is 0.328 e. The number of thiophene rings is 1. The fourth-order valence-electron chi connectivity index (χ4n) is 2.65. The summed E-state index contributed by atoms with van der Waals surface area (Å²) in [5.74, 6) is 0.188. The number of hydrogen-bond acceptors (Lipinski definition) is 2. The molecule has 0 spiro atoms. The minimum absolute atomic E-state index is 0.188. The molecule has 1 amide bonds. The van der Waals surface area contributed by atoms with Crippen LogP contribution in [0.3, 0.4) is 0 Å². The Hall–Kier alpha value is -1.17. The van der Waals surface area contributed by atoms with Gasteiger partial charge >= 0.3 is 0 Å². The standard InChI is InChI=1S/C16H17BrN2OS/c17-14-5-3-13(4-6-14)12-18-7-9-19(10-8-18)16(20)15-2-1-11-21-15/h1-6,11H,7-10,12H2/p+1. The highest BCUT2D eigenvalue weighted by atomic mass is 79.9. The van der Waals surface area contributed by atoms with Gasteiger partial charge in [-0.2, -0.15) is 0 Å². The summed E-state index contributed by atoms with van der Waals surface area (Å²) in [4.78, 5) is 16.7. The summed E-state index contributed by atoms with van der Waals surface area (Å²) in [5.41, 5.74) is 1.35. The number of carbonyl (C=O) groups excluding carboxylic acids is 1. The zero-order valence-corrected chi connectivity index (χ0v) is 14.1. The monoisotopic (exact) mass is 365 g/mol. The van der Waals surface area contributed by atoms with Crippen molar-refractivity contribution in [3.8, 4) is 0 Å². The van der Waals surface area contributed by atoms with Crippen LogP contribution in [0.2, 0.25) is 0 Å². The molecule has 0 unspecified atom stereocenters. The Kier molecular flexibility index (Phi) is 4.73. The van der Waals surface area contributed by atoms with Crippen molar-refractivity contribution in [2.75, 3.05) is 26.2 Å². The van der Waals surface area contributed by atoms with E-state index < -0.39 is 0 Å². The van der Waals surface area contributed by atoms with Gasteiger partial charge in [0.05, 0.1) is 31.1 Å². The van der Waals surface area contributed by atoms with Crippen LogP contribution < -0.4 is 4.90 Å². The Morgan fingerprint density at radius 2 is 1.90 bits per heavy atom. The molecule has 2 aromatic rings. The second-order valence-corrected chi connectivity index (χ2v) is 7.19. The van der Waals surface area contributed by atoms with Crippen LogP contribution in [0.25, 0.3) is 0 Å². The summed E-state index contributed by atoms with van der Waals surface area (Å²) in [6.07, 6.45) is 0. The lowest BCUT2D eigenvalue weighted by molar-refractivity contribution is -0.917. The first-order valence-corrected chi connectivity index (χ1v) is 8.80. The van der Waals surface area contributed by atoms with Crippen LogP contribution in [0.1, 0.15) is 15.2 Å². The topological polar surface area (TPSA) is 24.8 Å². The van der Waals surface area contributed by atoms with Gasteiger partial charge in [-0.15, -0.1) is 11.3 Å². The lowest BCUT2D eigenvalue weighted by atomic mass is 10.2. The van der Waals surface area contributed by atoms with Crippen molar-refractivity contribution >= 4 is 33.2 Å². The zero-order chi connectivity index (χ0) is 14.7. The van der Waals surface area contributed by atoms with Gasteiger partial charge in [0.1, 0.15) is 6.54 Å². The zero-order valence-electron chi connectivity index (χ0n) is 11.7. The highest BCUT2D eigenvalue weighted by Crippen LogP contribution is 2.12. The Bertz CT molecular complexity index is 589. The minimum atomic E-state index is 0.188. The Balaban J connectivity index is 1.53. The summed E-state index contributed by atoms with van der Waals surface area (Å²) >= 11 is 4.99. The van der Waals surface area contributed by atoms with E-state index in [1.807, 2.05) is 22.4 Å². The van der Waals surface area contributed by atoms with Crippen LogP contribution in [0, 0.1) is 0 Å². The first-order chi connectivity index (χ1) is 10.2. The minimum Gasteiger partial charge on any atom is -0.328 e. The van der Waals surface area contributed by atoms with Gasteiger partial charge in [0.15, 0.2) is 0 Å². The molecule has 21 heavy (non-hydrogen) atoms. The third kappa shape index (κ3) is 3.73. The molecule has 2 heterocycles. The number of quaternary nitrogens is 1. The summed E-state index contributed by atoms with van der Waals surface area (Å²) in [5, 5.41) is 1.96. The highest BCUT2D eigenvalue weighted by Gasteiger charge is 2.24. The maximum absolute atomic E-state index is 12.3. The Morgan fingerprint density at radius 3 is 2.52 bits per heavy atom. The quantitative estimate of drug-likeness (QED) is 0.884. The van der Waals surface area contributed by atoms with Crippen LogP contribution in [0.5, 0.6) is 0 Å². The Morgan fingerprint density at radius 1 is 1.19 bits per heavy atom. The average Bonchev–Trinajstić information content (AvgIpc) is 3.04. The van der Waals surface area contributed by atoms with Gasteiger partial charge in [-0.25, -0.2) is 0 Å². The highest BCUT2D eigenvalue weighted by molar-refractivity contribution is 9.10. The summed E-state index contributed by atoms with van der Waals surface area (Å²) in [6.45, 7) is 4.78. The van der Waals surface area contributed by atoms with Gasteiger partial charge < -0.3 is 9.80 Å². The van der Waals surface area contributed by atoms with E-state index in [1.54, 1.807) is 4.90 Å². The molecule has 0 aliphatic carbocycles. The van der Waals surface area contributed by atoms with E-state index in [-0.39, 0.29) is 5.91 Å². The van der Waals surface area contributed by atoms with Crippen molar-refractivity contribution in [2.45, 2.75) is 6.54 Å². The normalized spacial score (nSPS) is 16.1. The number of nitrogens with zero attached hydrogens (tertiary/aromatic N) is 1. The lowest BCUT2D eigenvalue weighted by Crippen LogP contribution is -3.13. The summed E-state index contributed by atoms with van der Waals surface area (Å²) in [7, 11) is 0. The third-order valence-electron chi connectivity index (χ3n) is 3.86. The first-order valence-electron chi connectivity index (χ1n) is 7.13. The molecule has 1 aliphatic rings. The number of rotatable bonds is 3. The number of benzene rings is 1. The van der Waals surface area contributed by atoms with Gasteiger partial charge in [0.25, 0.3) is 5.91 Å². The van der Waals surface area contributed by atoms with Gasteiger partial charge in [-0.05, 0) is 23.6 Å². The molecule has 0 saturated carbocycles. The van der Waals surface area contributed by atoms with Gasteiger partial charge in [0, 0.05) is 10.0 Å². The predicted molar refractivity (Wildman–Crippen MR) is 88.8 cm³/mol. The van der Waals surface area contributed by atoms with Crippen molar-refractivity contribution in [1.82, 2.24) is 4.90 Å². The summed E-state index contributed by atoms with van der Waals surface area (Å²) < 4.78 is 1.12. The molecule has 3 rings (SSSR count). The SMILES string of the molecule is O=C(c1cccs1)N1CC[NH+](Cc2ccc(Br)cc2)CC1. The molecule has 0 atom stereocenters. The van der Waals surface area contributed by atoms with Crippen LogP contribution >= 0.6 is 27.3 Å². The number of nitrogens with one attached hydrogen (secondary N) is 1. The fraction of sp³-hybridized carbons (Fsp3) is 0.312. The van der Waals surface area contributed by atoms with Crippen LogP contribution in [0.15, 0.2) is 46.3 Å². The molecule has 110 valence electrons. The molecule has 1 N–H and O–H groups in total. The number of piperazine rings is 1. The van der Waals surface area contributed by atoms with Crippen molar-refractivity contribution in [2.24, 2.45) is 0 Å². The van der Waals surface area contributed by atoms with E-state index in [4.69, 9.17) is 0 Å². The molecular weight excluding hydrogens is 348 g/mol. The number of halogens is 1. The van der Waals surface area contributed by atoms with Crippen LogP contribution in [-0.4, -0.2) is 37.0 Å². The second-order valence-electron chi connectivity index (χ2n) is 5.32. The van der Waals surface area contributed by atoms with E-state index in [2.05, 4.69) is 40.2 Å². The molecule has 5 heteroatoms. The molecule has 1 aromatic heterocycles. The van der Waals surface area contributed by atoms with E-state index in [0.29, 0.717) is 0 Å². The van der Waals surface area contributed by atoms with Crippen LogP contribution in [-0.2, 0) is 6.54 Å². The predicted octanol–water partition coefficient (Wildman–Crippen LogP) is 2.05. The van der Waals surface area contributed by atoms with Crippen molar-refractivity contribution < 1.29 is 9.69 Å². The molecule has 1 aliphatic heterocycles. The van der Waals surface area contributed by atoms with Gasteiger partial charge in [-0.1, -0.05) is 34.1 Å². The maximum Gasteiger partial charge on any atom is 0.264 e. The van der Waals surface area contributed by atoms with Crippen LogP contribution in [0.4, 0.5) is 0 Å². The van der Waals surface area contributed by atoms with Crippen molar-refractivity contribution in [3.05, 3.63) is 56.7 Å². The molecule has 1 aromatic carbocycles. The van der Waals surface area contributed by atoms with E-state index in [0.717, 1.165) is 42.1 Å². The number of hydrogen-bond donors (Lipinski definition) is 1. The first kappa shape index (κ1) is 14.8. The van der Waals surface area contributed by atoms with Crippen molar-refractivity contribution in [3.63, 3.8) is 0 Å². The lowest BCUT2D eigenvalue weighted by Gasteiger charge is -2.32. The molecule has 3 nitrogen and oxygen atoms in total. The molecule has 1 fully saturated rings. The summed E-state index contributed by atoms with van der Waals surface area (Å²) in [6, 6.07) is 12.4.